The van der Waals surface area contributed by atoms with E-state index in [1.807, 2.05) is 6.07 Å². The van der Waals surface area contributed by atoms with Crippen LogP contribution in [0.15, 0.2) is 34.1 Å². The molecule has 1 aromatic heterocycles. The van der Waals surface area contributed by atoms with Crippen LogP contribution in [0.1, 0.15) is 28.5 Å². The second-order valence-corrected chi connectivity index (χ2v) is 7.02. The summed E-state index contributed by atoms with van der Waals surface area (Å²) in [5.41, 5.74) is 5.30. The Labute approximate surface area is 124 Å². The van der Waals surface area contributed by atoms with Crippen LogP contribution in [0.5, 0.6) is 5.75 Å². The summed E-state index contributed by atoms with van der Waals surface area (Å²) in [5, 5.41) is 0. The van der Waals surface area contributed by atoms with E-state index in [-0.39, 0.29) is 6.04 Å². The van der Waals surface area contributed by atoms with Crippen molar-refractivity contribution < 1.29 is 4.74 Å². The lowest BCUT2D eigenvalue weighted by atomic mass is 9.97. The van der Waals surface area contributed by atoms with Gasteiger partial charge in [-0.05, 0) is 46.5 Å². The van der Waals surface area contributed by atoms with Crippen LogP contribution in [0.2, 0.25) is 0 Å². The topological polar surface area (TPSA) is 47.3 Å². The lowest BCUT2D eigenvalue weighted by Crippen LogP contribution is -2.29. The highest BCUT2D eigenvalue weighted by molar-refractivity contribution is 9.11. The van der Waals surface area contributed by atoms with E-state index in [2.05, 4.69) is 45.6 Å². The number of para-hydroxylation sites is 1. The van der Waals surface area contributed by atoms with Gasteiger partial charge in [0.2, 0.25) is 0 Å². The van der Waals surface area contributed by atoms with Crippen LogP contribution in [0.3, 0.4) is 0 Å². The molecule has 2 aromatic rings. The highest BCUT2D eigenvalue weighted by Gasteiger charge is 2.22. The Morgan fingerprint density at radius 2 is 2.21 bits per heavy atom. The third-order valence-corrected chi connectivity index (χ3v) is 5.01. The van der Waals surface area contributed by atoms with Gasteiger partial charge in [0.05, 0.1) is 16.4 Å². The summed E-state index contributed by atoms with van der Waals surface area (Å²) >= 11 is 5.18. The molecule has 0 saturated heterocycles. The number of nitrogens with two attached hydrogens (primary N) is 1. The largest absolute Gasteiger partial charge is 0.493 e. The lowest BCUT2D eigenvalue weighted by Gasteiger charge is -2.24. The zero-order chi connectivity index (χ0) is 13.2. The number of hydrazine groups is 1. The zero-order valence-corrected chi connectivity index (χ0v) is 12.8. The van der Waals surface area contributed by atoms with Gasteiger partial charge in [-0.3, -0.25) is 5.84 Å². The van der Waals surface area contributed by atoms with Crippen LogP contribution in [-0.2, 0) is 6.42 Å². The fourth-order valence-corrected chi connectivity index (χ4v) is 3.95. The number of halogens is 1. The minimum Gasteiger partial charge on any atom is -0.493 e. The molecule has 0 amide bonds. The number of thiophene rings is 1. The number of hydrogen-bond donors (Lipinski definition) is 2. The first-order chi connectivity index (χ1) is 9.29. The average Bonchev–Trinajstić information content (AvgIpc) is 2.86. The van der Waals surface area contributed by atoms with Gasteiger partial charge < -0.3 is 4.74 Å². The van der Waals surface area contributed by atoms with Crippen LogP contribution in [0.25, 0.3) is 0 Å². The zero-order valence-electron chi connectivity index (χ0n) is 10.4. The molecule has 0 bridgehead atoms. The number of ether oxygens (including phenoxy) is 1. The predicted molar refractivity (Wildman–Crippen MR) is 81.4 cm³/mol. The van der Waals surface area contributed by atoms with Gasteiger partial charge in [-0.25, -0.2) is 5.43 Å². The second-order valence-electron chi connectivity index (χ2n) is 4.53. The molecule has 3 nitrogen and oxygen atoms in total. The van der Waals surface area contributed by atoms with Gasteiger partial charge in [0.15, 0.2) is 0 Å². The molecule has 100 valence electrons. The van der Waals surface area contributed by atoms with E-state index in [4.69, 9.17) is 10.6 Å². The first kappa shape index (κ1) is 13.1. The molecular formula is C14H15BrN2OS. The average molecular weight is 339 g/mol. The Morgan fingerprint density at radius 3 is 2.95 bits per heavy atom. The van der Waals surface area contributed by atoms with E-state index in [0.717, 1.165) is 34.5 Å². The van der Waals surface area contributed by atoms with E-state index in [1.165, 1.54) is 10.4 Å². The molecule has 0 saturated carbocycles. The Balaban J connectivity index is 2.04. The fraction of sp³-hybridized carbons (Fsp3) is 0.286. The van der Waals surface area contributed by atoms with E-state index in [0.29, 0.717) is 0 Å². The Hall–Kier alpha value is -0.880. The van der Waals surface area contributed by atoms with Crippen molar-refractivity contribution in [2.24, 2.45) is 5.84 Å². The van der Waals surface area contributed by atoms with Crippen molar-refractivity contribution in [3.63, 3.8) is 0 Å². The third kappa shape index (κ3) is 2.56. The summed E-state index contributed by atoms with van der Waals surface area (Å²) < 4.78 is 6.97. The minimum absolute atomic E-state index is 0.0238. The van der Waals surface area contributed by atoms with Crippen molar-refractivity contribution in [3.05, 3.63) is 50.1 Å². The molecule has 0 aliphatic carbocycles. The summed E-state index contributed by atoms with van der Waals surface area (Å²) in [7, 11) is 0. The summed E-state index contributed by atoms with van der Waals surface area (Å²) in [6.45, 7) is 0.787. The maximum atomic E-state index is 5.86. The van der Waals surface area contributed by atoms with E-state index < -0.39 is 0 Å². The highest BCUT2D eigenvalue weighted by atomic mass is 79.9. The van der Waals surface area contributed by atoms with Crippen molar-refractivity contribution in [3.8, 4) is 5.75 Å². The van der Waals surface area contributed by atoms with E-state index in [1.54, 1.807) is 11.3 Å². The number of hydrogen-bond acceptors (Lipinski definition) is 4. The molecule has 0 fully saturated rings. The number of rotatable bonds is 3. The maximum absolute atomic E-state index is 5.86. The normalized spacial score (nSPS) is 15.7. The van der Waals surface area contributed by atoms with Gasteiger partial charge in [-0.2, -0.15) is 0 Å². The summed E-state index contributed by atoms with van der Waals surface area (Å²) in [4.78, 5) is 1.18. The Bertz CT molecular complexity index is 585. The SMILES string of the molecule is NNC(c1ccc(Br)s1)c1cccc2c1OCCC2. The number of benzene rings is 1. The molecule has 1 aliphatic rings. The Kier molecular flexibility index (Phi) is 3.88. The molecule has 2 heterocycles. The predicted octanol–water partition coefficient (Wildman–Crippen LogP) is 3.39. The lowest BCUT2D eigenvalue weighted by molar-refractivity contribution is 0.283. The van der Waals surface area contributed by atoms with Crippen molar-refractivity contribution >= 4 is 27.3 Å². The molecule has 19 heavy (non-hydrogen) atoms. The van der Waals surface area contributed by atoms with Crippen LogP contribution < -0.4 is 16.0 Å². The van der Waals surface area contributed by atoms with Crippen molar-refractivity contribution in [2.45, 2.75) is 18.9 Å². The standard InChI is InChI=1S/C14H15BrN2OS/c15-12-7-6-11(19-12)13(17-16)10-5-1-3-9-4-2-8-18-14(9)10/h1,3,5-7,13,17H,2,4,8,16H2. The molecule has 1 atom stereocenters. The third-order valence-electron chi connectivity index (χ3n) is 3.32. The minimum atomic E-state index is -0.0238. The summed E-state index contributed by atoms with van der Waals surface area (Å²) in [6.07, 6.45) is 2.16. The quantitative estimate of drug-likeness (QED) is 0.666. The molecule has 3 N–H and O–H groups in total. The van der Waals surface area contributed by atoms with Crippen LogP contribution in [0.4, 0.5) is 0 Å². The maximum Gasteiger partial charge on any atom is 0.127 e. The summed E-state index contributed by atoms with van der Waals surface area (Å²) in [5.74, 6) is 6.77. The number of fused-ring (bicyclic) bond motifs is 1. The first-order valence-electron chi connectivity index (χ1n) is 6.25. The Morgan fingerprint density at radius 1 is 1.32 bits per heavy atom. The fourth-order valence-electron chi connectivity index (χ4n) is 2.45. The second kappa shape index (κ2) is 5.63. The van der Waals surface area contributed by atoms with Gasteiger partial charge in [0.25, 0.3) is 0 Å². The van der Waals surface area contributed by atoms with Gasteiger partial charge in [-0.1, -0.05) is 18.2 Å². The van der Waals surface area contributed by atoms with Crippen molar-refractivity contribution in [2.75, 3.05) is 6.61 Å². The molecule has 5 heteroatoms. The monoisotopic (exact) mass is 338 g/mol. The number of aryl methyl sites for hydroxylation is 1. The molecule has 1 aliphatic heterocycles. The van der Waals surface area contributed by atoms with Gasteiger partial charge in [0, 0.05) is 10.4 Å². The molecule has 1 unspecified atom stereocenters. The van der Waals surface area contributed by atoms with Crippen LogP contribution >= 0.6 is 27.3 Å². The van der Waals surface area contributed by atoms with Gasteiger partial charge >= 0.3 is 0 Å². The summed E-state index contributed by atoms with van der Waals surface area (Å²) in [6, 6.07) is 10.4. The van der Waals surface area contributed by atoms with Crippen molar-refractivity contribution in [1.82, 2.24) is 5.43 Å². The number of nitrogens with one attached hydrogen (secondary N) is 1. The molecule has 3 rings (SSSR count). The van der Waals surface area contributed by atoms with E-state index >= 15 is 0 Å². The first-order valence-corrected chi connectivity index (χ1v) is 7.86. The smallest absolute Gasteiger partial charge is 0.127 e. The van der Waals surface area contributed by atoms with Gasteiger partial charge in [0.1, 0.15) is 5.75 Å². The molecule has 0 radical (unpaired) electrons. The molecular weight excluding hydrogens is 324 g/mol. The molecule has 1 aromatic carbocycles. The van der Waals surface area contributed by atoms with Crippen LogP contribution in [-0.4, -0.2) is 6.61 Å². The van der Waals surface area contributed by atoms with E-state index in [9.17, 15) is 0 Å². The highest BCUT2D eigenvalue weighted by Crippen LogP contribution is 2.38. The molecule has 0 spiro atoms. The van der Waals surface area contributed by atoms with Crippen LogP contribution in [0, 0.1) is 0 Å². The van der Waals surface area contributed by atoms with Gasteiger partial charge in [-0.15, -0.1) is 11.3 Å². The van der Waals surface area contributed by atoms with Crippen molar-refractivity contribution in [1.29, 1.82) is 0 Å².